The SMILES string of the molecule is O=C([O-])C(O)CO.O=C([O-])C(O)CO.P.P.[Ca+2]. The molecule has 8 nitrogen and oxygen atoms in total. The van der Waals surface area contributed by atoms with Crippen LogP contribution in [-0.4, -0.2) is 95.5 Å². The van der Waals surface area contributed by atoms with Crippen molar-refractivity contribution in [2.75, 3.05) is 13.2 Å². The van der Waals surface area contributed by atoms with Crippen LogP contribution in [0.4, 0.5) is 0 Å². The van der Waals surface area contributed by atoms with Crippen LogP contribution in [0.5, 0.6) is 0 Å². The smallest absolute Gasteiger partial charge is 0.547 e. The van der Waals surface area contributed by atoms with Gasteiger partial charge in [0.1, 0.15) is 12.2 Å². The van der Waals surface area contributed by atoms with Gasteiger partial charge in [0.2, 0.25) is 0 Å². The number of carbonyl (C=O) groups excluding carboxylic acids is 2. The first-order valence-corrected chi connectivity index (χ1v) is 3.36. The van der Waals surface area contributed by atoms with Gasteiger partial charge < -0.3 is 40.2 Å². The zero-order valence-electron chi connectivity index (χ0n) is 9.11. The van der Waals surface area contributed by atoms with Gasteiger partial charge in [-0.15, -0.1) is 0 Å². The van der Waals surface area contributed by atoms with Crippen LogP contribution in [0.15, 0.2) is 0 Å². The van der Waals surface area contributed by atoms with Gasteiger partial charge in [0.05, 0.1) is 25.2 Å². The maximum atomic E-state index is 9.41. The van der Waals surface area contributed by atoms with Crippen LogP contribution in [0, 0.1) is 0 Å². The van der Waals surface area contributed by atoms with Crippen LogP contribution in [0.2, 0.25) is 0 Å². The molecule has 0 heterocycles. The van der Waals surface area contributed by atoms with Gasteiger partial charge in [0.15, 0.2) is 0 Å². The molecule has 4 unspecified atom stereocenters. The monoisotopic (exact) mass is 318 g/mol. The van der Waals surface area contributed by atoms with Gasteiger partial charge in [-0.1, -0.05) is 0 Å². The summed E-state index contributed by atoms with van der Waals surface area (Å²) in [5.41, 5.74) is 0. The van der Waals surface area contributed by atoms with Gasteiger partial charge in [-0.3, -0.25) is 0 Å². The fourth-order valence-electron chi connectivity index (χ4n) is 0.149. The minimum Gasteiger partial charge on any atom is -0.547 e. The van der Waals surface area contributed by atoms with E-state index in [2.05, 4.69) is 0 Å². The Bertz CT molecular complexity index is 173. The molecule has 0 aromatic carbocycles. The van der Waals surface area contributed by atoms with Gasteiger partial charge in [-0.05, 0) is 0 Å². The molecule has 0 saturated heterocycles. The first kappa shape index (κ1) is 30.7. The second-order valence-corrected chi connectivity index (χ2v) is 2.03. The minimum atomic E-state index is -1.74. The van der Waals surface area contributed by atoms with E-state index in [0.717, 1.165) is 0 Å². The molecule has 0 aliphatic heterocycles. The third kappa shape index (κ3) is 22.5. The summed E-state index contributed by atoms with van der Waals surface area (Å²) in [6.45, 7) is -1.58. The third-order valence-electron chi connectivity index (χ3n) is 0.890. The molecule has 11 heteroatoms. The number of carboxylic acid groups (broad SMARTS) is 2. The summed E-state index contributed by atoms with van der Waals surface area (Å²) < 4.78 is 0. The molecule has 4 N–H and O–H groups in total. The zero-order chi connectivity index (χ0) is 11.7. The predicted molar refractivity (Wildman–Crippen MR) is 64.2 cm³/mol. The first-order valence-electron chi connectivity index (χ1n) is 3.36. The van der Waals surface area contributed by atoms with Crippen molar-refractivity contribution in [3.63, 3.8) is 0 Å². The second kappa shape index (κ2) is 19.2. The number of aliphatic carboxylic acids is 2. The first-order chi connectivity index (χ1) is 6.36. The summed E-state index contributed by atoms with van der Waals surface area (Å²) in [4.78, 5) is 18.8. The van der Waals surface area contributed by atoms with Gasteiger partial charge in [-0.2, -0.15) is 19.8 Å². The summed E-state index contributed by atoms with van der Waals surface area (Å²) in [7, 11) is 0. The maximum Gasteiger partial charge on any atom is 2.00 e. The van der Waals surface area contributed by atoms with E-state index in [1.807, 2.05) is 0 Å². The van der Waals surface area contributed by atoms with E-state index in [0.29, 0.717) is 0 Å². The van der Waals surface area contributed by atoms with E-state index in [-0.39, 0.29) is 57.5 Å². The van der Waals surface area contributed by atoms with Gasteiger partial charge in [0.25, 0.3) is 0 Å². The Morgan fingerprint density at radius 3 is 1.06 bits per heavy atom. The molecule has 4 atom stereocenters. The number of rotatable bonds is 4. The molecule has 0 aromatic heterocycles. The summed E-state index contributed by atoms with van der Waals surface area (Å²) in [6, 6.07) is 0. The normalized spacial score (nSPS) is 11.1. The molecule has 0 amide bonds. The fourth-order valence-corrected chi connectivity index (χ4v) is 0.149. The number of carboxylic acids is 2. The van der Waals surface area contributed by atoms with Crippen LogP contribution >= 0.6 is 19.8 Å². The molecular weight excluding hydrogens is 302 g/mol. The van der Waals surface area contributed by atoms with Crippen molar-refractivity contribution in [1.82, 2.24) is 0 Å². The van der Waals surface area contributed by atoms with Crippen LogP contribution < -0.4 is 10.2 Å². The molecule has 0 aliphatic carbocycles. The minimum absolute atomic E-state index is 0. The standard InChI is InChI=1S/2C3H6O4.Ca.2H3P/c2*4-1-2(5)3(6)7;;;/h2*2,4-5H,1H2,(H,6,7);;2*1H3/q;;+2;;/p-2. The van der Waals surface area contributed by atoms with Crippen molar-refractivity contribution >= 4 is 69.5 Å². The van der Waals surface area contributed by atoms with Crippen LogP contribution in [-0.2, 0) is 9.59 Å². The summed E-state index contributed by atoms with van der Waals surface area (Å²) >= 11 is 0. The van der Waals surface area contributed by atoms with Crippen molar-refractivity contribution in [2.24, 2.45) is 0 Å². The van der Waals surface area contributed by atoms with E-state index < -0.39 is 37.4 Å². The average molecular weight is 318 g/mol. The fraction of sp³-hybridized carbons (Fsp3) is 0.667. The summed E-state index contributed by atoms with van der Waals surface area (Å²) in [5.74, 6) is -3.30. The Balaban J connectivity index is -0.0000000480. The van der Waals surface area contributed by atoms with Gasteiger partial charge >= 0.3 is 37.7 Å². The van der Waals surface area contributed by atoms with E-state index in [9.17, 15) is 19.8 Å². The topological polar surface area (TPSA) is 161 Å². The summed E-state index contributed by atoms with van der Waals surface area (Å²) in [5, 5.41) is 50.5. The van der Waals surface area contributed by atoms with Crippen molar-refractivity contribution in [1.29, 1.82) is 0 Å². The number of aliphatic hydroxyl groups excluding tert-OH is 4. The molecular formula is C6H16CaO8P2. The Kier molecular flexibility index (Phi) is 34.8. The Labute approximate surface area is 134 Å². The van der Waals surface area contributed by atoms with Crippen LogP contribution in [0.3, 0.4) is 0 Å². The second-order valence-electron chi connectivity index (χ2n) is 2.03. The number of hydrogen-bond donors (Lipinski definition) is 4. The molecule has 100 valence electrons. The molecule has 0 rings (SSSR count). The van der Waals surface area contributed by atoms with E-state index in [4.69, 9.17) is 20.4 Å². The Hall–Kier alpha value is 0.900. The van der Waals surface area contributed by atoms with E-state index in [1.54, 1.807) is 0 Å². The molecule has 0 fully saturated rings. The molecule has 17 heavy (non-hydrogen) atoms. The van der Waals surface area contributed by atoms with Gasteiger partial charge in [0, 0.05) is 0 Å². The molecule has 0 saturated carbocycles. The molecule has 0 aliphatic rings. The van der Waals surface area contributed by atoms with Crippen LogP contribution in [0.25, 0.3) is 0 Å². The zero-order valence-corrected chi connectivity index (χ0v) is 14.1. The van der Waals surface area contributed by atoms with Crippen molar-refractivity contribution < 1.29 is 40.2 Å². The quantitative estimate of drug-likeness (QED) is 0.294. The molecule has 0 bridgehead atoms. The molecule has 0 radical (unpaired) electrons. The number of carbonyl (C=O) groups is 2. The van der Waals surface area contributed by atoms with Crippen molar-refractivity contribution in [3.8, 4) is 0 Å². The predicted octanol–water partition coefficient (Wildman–Crippen LogP) is -6.09. The van der Waals surface area contributed by atoms with Crippen LogP contribution in [0.1, 0.15) is 0 Å². The van der Waals surface area contributed by atoms with E-state index in [1.165, 1.54) is 0 Å². The Morgan fingerprint density at radius 1 is 0.882 bits per heavy atom. The maximum absolute atomic E-state index is 9.41. The van der Waals surface area contributed by atoms with Crippen molar-refractivity contribution in [3.05, 3.63) is 0 Å². The Morgan fingerprint density at radius 2 is 1.06 bits per heavy atom. The third-order valence-corrected chi connectivity index (χ3v) is 0.890. The van der Waals surface area contributed by atoms with Crippen molar-refractivity contribution in [2.45, 2.75) is 12.2 Å². The molecule has 0 aromatic rings. The average Bonchev–Trinajstić information content (AvgIpc) is 2.15. The summed E-state index contributed by atoms with van der Waals surface area (Å²) in [6.07, 6.45) is -3.47. The molecule has 0 spiro atoms. The number of aliphatic hydroxyl groups is 4. The van der Waals surface area contributed by atoms with E-state index >= 15 is 0 Å². The van der Waals surface area contributed by atoms with Gasteiger partial charge in [-0.25, -0.2) is 0 Å². The number of hydrogen-bond acceptors (Lipinski definition) is 8. The largest absolute Gasteiger partial charge is 2.00 e.